The molecule has 0 radical (unpaired) electrons. The van der Waals surface area contributed by atoms with E-state index in [1.165, 1.54) is 4.90 Å². The monoisotopic (exact) mass is 384 g/mol. The summed E-state index contributed by atoms with van der Waals surface area (Å²) in [6, 6.07) is 19.1. The van der Waals surface area contributed by atoms with E-state index >= 15 is 0 Å². The maximum atomic E-state index is 13.1. The molecule has 5 heteroatoms. The Morgan fingerprint density at radius 2 is 1.64 bits per heavy atom. The van der Waals surface area contributed by atoms with Crippen molar-refractivity contribution in [2.24, 2.45) is 0 Å². The number of fused-ring (bicyclic) bond motifs is 2. The number of hydrogen-bond acceptors (Lipinski definition) is 4. The molecular weight excluding hydrogens is 368 g/mol. The molecular formula is C23H16N2O2S. The lowest BCUT2D eigenvalue weighted by Gasteiger charge is -2.16. The first-order valence-corrected chi connectivity index (χ1v) is 9.80. The van der Waals surface area contributed by atoms with Crippen LogP contribution in [0.1, 0.15) is 31.8 Å². The maximum Gasteiger partial charge on any atom is 0.266 e. The minimum atomic E-state index is -0.282. The summed E-state index contributed by atoms with van der Waals surface area (Å²) < 4.78 is 1.09. The van der Waals surface area contributed by atoms with Gasteiger partial charge in [0.05, 0.1) is 27.0 Å². The highest BCUT2D eigenvalue weighted by atomic mass is 32.1. The predicted molar refractivity (Wildman–Crippen MR) is 112 cm³/mol. The lowest BCUT2D eigenvalue weighted by atomic mass is 10.1. The van der Waals surface area contributed by atoms with Crippen molar-refractivity contribution in [2.75, 3.05) is 4.90 Å². The number of aryl methyl sites for hydroxylation is 2. The van der Waals surface area contributed by atoms with Crippen LogP contribution in [0.25, 0.3) is 20.8 Å². The van der Waals surface area contributed by atoms with Crippen LogP contribution in [-0.2, 0) is 0 Å². The second-order valence-electron chi connectivity index (χ2n) is 6.98. The Hall–Kier alpha value is -3.31. The molecule has 1 aromatic heterocycles. The minimum absolute atomic E-state index is 0.275. The van der Waals surface area contributed by atoms with Crippen LogP contribution in [0.15, 0.2) is 60.7 Å². The van der Waals surface area contributed by atoms with E-state index in [0.29, 0.717) is 16.8 Å². The van der Waals surface area contributed by atoms with Crippen LogP contribution in [0, 0.1) is 13.8 Å². The fraction of sp³-hybridized carbons (Fsp3) is 0.0870. The molecule has 0 unspecified atom stereocenters. The van der Waals surface area contributed by atoms with Gasteiger partial charge in [-0.25, -0.2) is 9.88 Å². The molecule has 136 valence electrons. The van der Waals surface area contributed by atoms with Gasteiger partial charge in [-0.2, -0.15) is 0 Å². The zero-order chi connectivity index (χ0) is 19.4. The molecule has 0 fully saturated rings. The highest BCUT2D eigenvalue weighted by Gasteiger charge is 2.37. The van der Waals surface area contributed by atoms with E-state index in [2.05, 4.69) is 4.98 Å². The molecule has 0 aliphatic carbocycles. The average molecular weight is 384 g/mol. The first-order chi connectivity index (χ1) is 13.5. The fourth-order valence-electron chi connectivity index (χ4n) is 3.64. The van der Waals surface area contributed by atoms with Gasteiger partial charge in [0.1, 0.15) is 5.01 Å². The molecule has 1 aliphatic rings. The molecule has 4 aromatic rings. The van der Waals surface area contributed by atoms with Gasteiger partial charge in [-0.3, -0.25) is 9.59 Å². The Morgan fingerprint density at radius 1 is 0.857 bits per heavy atom. The van der Waals surface area contributed by atoms with Crippen molar-refractivity contribution < 1.29 is 9.59 Å². The minimum Gasteiger partial charge on any atom is -0.268 e. The van der Waals surface area contributed by atoms with E-state index < -0.39 is 0 Å². The van der Waals surface area contributed by atoms with Crippen LogP contribution in [0.2, 0.25) is 0 Å². The number of thiazole rings is 1. The molecule has 28 heavy (non-hydrogen) atoms. The molecule has 0 spiro atoms. The third kappa shape index (κ3) is 2.47. The van der Waals surface area contributed by atoms with Gasteiger partial charge in [0.2, 0.25) is 0 Å². The first kappa shape index (κ1) is 16.8. The number of anilines is 1. The van der Waals surface area contributed by atoms with Gasteiger partial charge >= 0.3 is 0 Å². The van der Waals surface area contributed by atoms with E-state index in [4.69, 9.17) is 0 Å². The lowest BCUT2D eigenvalue weighted by Crippen LogP contribution is -2.30. The average Bonchev–Trinajstić information content (AvgIpc) is 3.22. The number of benzene rings is 3. The quantitative estimate of drug-likeness (QED) is 0.436. The molecule has 0 bridgehead atoms. The third-order valence-corrected chi connectivity index (χ3v) is 6.11. The Balaban J connectivity index is 1.59. The summed E-state index contributed by atoms with van der Waals surface area (Å²) in [4.78, 5) is 32.0. The number of hydrogen-bond donors (Lipinski definition) is 0. The SMILES string of the molecule is Cc1ccc(N2C(=O)c3ccc(-c4nc5ccccc5s4)cc3C2=O)c(C)c1. The predicted octanol–water partition coefficient (Wildman–Crippen LogP) is 5.38. The van der Waals surface area contributed by atoms with Crippen LogP contribution >= 0.6 is 11.3 Å². The van der Waals surface area contributed by atoms with Crippen molar-refractivity contribution in [3.8, 4) is 10.6 Å². The van der Waals surface area contributed by atoms with Gasteiger partial charge < -0.3 is 0 Å². The van der Waals surface area contributed by atoms with E-state index in [1.807, 2.05) is 62.4 Å². The summed E-state index contributed by atoms with van der Waals surface area (Å²) in [5.74, 6) is -0.558. The Morgan fingerprint density at radius 3 is 2.43 bits per heavy atom. The van der Waals surface area contributed by atoms with E-state index in [9.17, 15) is 9.59 Å². The van der Waals surface area contributed by atoms with Crippen molar-refractivity contribution in [1.29, 1.82) is 0 Å². The zero-order valence-electron chi connectivity index (χ0n) is 15.4. The zero-order valence-corrected chi connectivity index (χ0v) is 16.2. The summed E-state index contributed by atoms with van der Waals surface area (Å²) >= 11 is 1.58. The molecule has 2 heterocycles. The number of aromatic nitrogens is 1. The number of carbonyl (C=O) groups excluding carboxylic acids is 2. The molecule has 0 saturated heterocycles. The van der Waals surface area contributed by atoms with Gasteiger partial charge in [-0.1, -0.05) is 35.9 Å². The van der Waals surface area contributed by atoms with Crippen LogP contribution < -0.4 is 4.90 Å². The van der Waals surface area contributed by atoms with Crippen molar-refractivity contribution in [1.82, 2.24) is 4.98 Å². The van der Waals surface area contributed by atoms with Crippen LogP contribution in [-0.4, -0.2) is 16.8 Å². The van der Waals surface area contributed by atoms with Gasteiger partial charge in [0, 0.05) is 5.56 Å². The van der Waals surface area contributed by atoms with Gasteiger partial charge in [-0.15, -0.1) is 11.3 Å². The summed E-state index contributed by atoms with van der Waals surface area (Å²) in [7, 11) is 0. The molecule has 0 atom stereocenters. The van der Waals surface area contributed by atoms with E-state index in [0.717, 1.165) is 31.9 Å². The van der Waals surface area contributed by atoms with Crippen molar-refractivity contribution in [3.63, 3.8) is 0 Å². The van der Waals surface area contributed by atoms with Crippen molar-refractivity contribution in [3.05, 3.63) is 82.9 Å². The fourth-order valence-corrected chi connectivity index (χ4v) is 4.61. The van der Waals surface area contributed by atoms with E-state index in [1.54, 1.807) is 23.5 Å². The van der Waals surface area contributed by atoms with Gasteiger partial charge in [0.25, 0.3) is 11.8 Å². The first-order valence-electron chi connectivity index (χ1n) is 8.99. The highest BCUT2D eigenvalue weighted by molar-refractivity contribution is 7.21. The summed E-state index contributed by atoms with van der Waals surface area (Å²) in [5, 5.41) is 0.842. The van der Waals surface area contributed by atoms with E-state index in [-0.39, 0.29) is 11.8 Å². The molecule has 0 saturated carbocycles. The molecule has 2 amide bonds. The Kier molecular flexibility index (Phi) is 3.67. The topological polar surface area (TPSA) is 50.3 Å². The Labute approximate surface area is 166 Å². The lowest BCUT2D eigenvalue weighted by molar-refractivity contribution is 0.0926. The second kappa shape index (κ2) is 6.11. The normalized spacial score (nSPS) is 13.4. The summed E-state index contributed by atoms with van der Waals surface area (Å²) in [6.07, 6.45) is 0. The standard InChI is InChI=1S/C23H16N2O2S/c1-13-7-10-19(14(2)11-13)25-22(26)16-9-8-15(12-17(16)23(25)27)21-24-18-5-3-4-6-20(18)28-21/h3-12H,1-2H3. The van der Waals surface area contributed by atoms with Crippen LogP contribution in [0.3, 0.4) is 0 Å². The number of imide groups is 1. The smallest absolute Gasteiger partial charge is 0.266 e. The number of nitrogens with zero attached hydrogens (tertiary/aromatic N) is 2. The van der Waals surface area contributed by atoms with Crippen LogP contribution in [0.5, 0.6) is 0 Å². The maximum absolute atomic E-state index is 13.1. The number of carbonyl (C=O) groups is 2. The third-order valence-electron chi connectivity index (χ3n) is 5.02. The summed E-state index contributed by atoms with van der Waals surface area (Å²) in [5.41, 5.74) is 5.29. The Bertz CT molecular complexity index is 1260. The van der Waals surface area contributed by atoms with Gasteiger partial charge in [-0.05, 0) is 49.7 Å². The number of amides is 2. The molecule has 1 aliphatic heterocycles. The van der Waals surface area contributed by atoms with Crippen LogP contribution in [0.4, 0.5) is 5.69 Å². The number of rotatable bonds is 2. The second-order valence-corrected chi connectivity index (χ2v) is 8.01. The molecule has 4 nitrogen and oxygen atoms in total. The summed E-state index contributed by atoms with van der Waals surface area (Å²) in [6.45, 7) is 3.90. The molecule has 3 aromatic carbocycles. The van der Waals surface area contributed by atoms with Crippen molar-refractivity contribution >= 4 is 39.1 Å². The molecule has 0 N–H and O–H groups in total. The molecule has 5 rings (SSSR count). The number of para-hydroxylation sites is 1. The highest BCUT2D eigenvalue weighted by Crippen LogP contribution is 2.35. The van der Waals surface area contributed by atoms with Gasteiger partial charge in [0.15, 0.2) is 0 Å². The largest absolute Gasteiger partial charge is 0.268 e. The van der Waals surface area contributed by atoms with Crippen molar-refractivity contribution in [2.45, 2.75) is 13.8 Å².